The van der Waals surface area contributed by atoms with Gasteiger partial charge in [0.1, 0.15) is 11.0 Å². The van der Waals surface area contributed by atoms with Gasteiger partial charge in [0.2, 0.25) is 5.95 Å². The number of piperazine rings is 1. The van der Waals surface area contributed by atoms with Gasteiger partial charge in [-0.2, -0.15) is 0 Å². The first-order valence-electron chi connectivity index (χ1n) is 12.1. The van der Waals surface area contributed by atoms with Crippen molar-refractivity contribution < 1.29 is 17.9 Å². The summed E-state index contributed by atoms with van der Waals surface area (Å²) in [5, 5.41) is 0. The number of rotatable bonds is 5. The van der Waals surface area contributed by atoms with Crippen molar-refractivity contribution in [3.05, 3.63) is 48.3 Å². The third kappa shape index (κ3) is 4.99. The molecule has 2 aromatic rings. The first-order valence-corrected chi connectivity index (χ1v) is 14.0. The molecule has 188 valence electrons. The highest BCUT2D eigenvalue weighted by Crippen LogP contribution is 2.50. The van der Waals surface area contributed by atoms with Crippen LogP contribution < -0.4 is 4.90 Å². The van der Waals surface area contributed by atoms with Crippen molar-refractivity contribution in [2.45, 2.75) is 56.3 Å². The van der Waals surface area contributed by atoms with Gasteiger partial charge < -0.3 is 14.5 Å². The van der Waals surface area contributed by atoms with Gasteiger partial charge in [0.15, 0.2) is 9.84 Å². The van der Waals surface area contributed by atoms with Gasteiger partial charge in [-0.05, 0) is 32.3 Å². The topological polar surface area (TPSA) is 95.9 Å². The number of nitrogens with zero attached hydrogens (tertiary/aromatic N) is 5. The molecule has 0 N–H and O–H groups in total. The zero-order valence-electron chi connectivity index (χ0n) is 20.5. The van der Waals surface area contributed by atoms with E-state index in [0.29, 0.717) is 24.5 Å². The summed E-state index contributed by atoms with van der Waals surface area (Å²) in [7, 11) is -3.34. The van der Waals surface area contributed by atoms with Crippen molar-refractivity contribution in [2.75, 3.05) is 37.3 Å². The summed E-state index contributed by atoms with van der Waals surface area (Å²) in [5.74, 6) is 0.468. The second-order valence-electron chi connectivity index (χ2n) is 10.5. The van der Waals surface area contributed by atoms with E-state index in [1.54, 1.807) is 4.90 Å². The van der Waals surface area contributed by atoms with Gasteiger partial charge in [-0.15, -0.1) is 0 Å². The summed E-state index contributed by atoms with van der Waals surface area (Å²) in [5.41, 5.74) is 1.65. The molecule has 5 rings (SSSR count). The number of aromatic nitrogens is 2. The molecule has 0 bridgehead atoms. The van der Waals surface area contributed by atoms with E-state index in [1.165, 1.54) is 18.0 Å². The number of sulfone groups is 1. The van der Waals surface area contributed by atoms with Crippen LogP contribution in [0.3, 0.4) is 0 Å². The fourth-order valence-corrected chi connectivity index (χ4v) is 6.11. The van der Waals surface area contributed by atoms with Crippen molar-refractivity contribution in [1.29, 1.82) is 0 Å². The minimum absolute atomic E-state index is 0.00576. The number of ether oxygens (including phenoxy) is 1. The molecule has 1 aliphatic carbocycles. The van der Waals surface area contributed by atoms with Gasteiger partial charge in [-0.3, -0.25) is 4.90 Å². The van der Waals surface area contributed by atoms with Crippen molar-refractivity contribution >= 4 is 21.9 Å². The maximum Gasteiger partial charge on any atom is 0.410 e. The van der Waals surface area contributed by atoms with Crippen LogP contribution in [0.1, 0.15) is 32.3 Å². The van der Waals surface area contributed by atoms with Crippen molar-refractivity contribution in [3.63, 3.8) is 0 Å². The normalized spacial score (nSPS) is 24.7. The molecule has 1 amide bonds. The molecule has 1 saturated carbocycles. The van der Waals surface area contributed by atoms with Crippen molar-refractivity contribution in [1.82, 2.24) is 19.8 Å². The van der Waals surface area contributed by atoms with E-state index >= 15 is 0 Å². The summed E-state index contributed by atoms with van der Waals surface area (Å²) >= 11 is 0. The van der Waals surface area contributed by atoms with Crippen molar-refractivity contribution in [2.24, 2.45) is 5.41 Å². The summed E-state index contributed by atoms with van der Waals surface area (Å²) < 4.78 is 29.2. The number of amides is 1. The predicted octanol–water partition coefficient (Wildman–Crippen LogP) is 2.58. The largest absolute Gasteiger partial charge is 0.446 e. The molecule has 0 radical (unpaired) electrons. The Kier molecular flexibility index (Phi) is 6.21. The molecule has 1 aromatic heterocycles. The minimum Gasteiger partial charge on any atom is -0.446 e. The summed E-state index contributed by atoms with van der Waals surface area (Å²) in [6.07, 6.45) is 5.43. The van der Waals surface area contributed by atoms with Crippen molar-refractivity contribution in [3.8, 4) is 0 Å². The molecule has 3 aliphatic rings. The third-order valence-electron chi connectivity index (χ3n) is 7.48. The average molecular weight is 500 g/mol. The van der Waals surface area contributed by atoms with Crippen LogP contribution >= 0.6 is 0 Å². The van der Waals surface area contributed by atoms with E-state index in [2.05, 4.69) is 39.1 Å². The molecule has 3 fully saturated rings. The van der Waals surface area contributed by atoms with Gasteiger partial charge in [0, 0.05) is 56.5 Å². The molecule has 9 nitrogen and oxygen atoms in total. The number of carbonyl (C=O) groups is 1. The number of hydrogen-bond acceptors (Lipinski definition) is 8. The molecular formula is C25H33N5O4S. The number of likely N-dealkylation sites (tertiary alicyclic amines) is 1. The van der Waals surface area contributed by atoms with Crippen LogP contribution in [0.5, 0.6) is 0 Å². The van der Waals surface area contributed by atoms with Gasteiger partial charge in [-0.1, -0.05) is 30.3 Å². The second kappa shape index (κ2) is 9.05. The lowest BCUT2D eigenvalue weighted by Gasteiger charge is -2.58. The number of hydrogen-bond donors (Lipinski definition) is 0. The van der Waals surface area contributed by atoms with E-state index < -0.39 is 9.84 Å². The van der Waals surface area contributed by atoms with E-state index in [-0.39, 0.29) is 29.2 Å². The van der Waals surface area contributed by atoms with Gasteiger partial charge in [0.25, 0.3) is 0 Å². The standard InChI is InChI=1S/C25H33N5O4S/c1-18-14-30(19(2)13-29(18)23-26-11-22(12-27-23)35(3,32)33)24(31)34-21-9-25(10-21)16-28(17-25)15-20-7-5-4-6-8-20/h4-8,11-12,18-19,21H,9-10,13-17H2,1-3H3/t18-,19+/m0/s1. The Bertz CT molecular complexity index is 1160. The van der Waals surface area contributed by atoms with Crippen LogP contribution in [0.25, 0.3) is 0 Å². The quantitative estimate of drug-likeness (QED) is 0.620. The molecule has 1 spiro atoms. The SMILES string of the molecule is C[C@@H]1CN(c2ncc(S(C)(=O)=O)cn2)[C@@H](C)CN1C(=O)OC1CC2(C1)CN(Cc1ccccc1)C2. The Balaban J connectivity index is 1.10. The third-order valence-corrected chi connectivity index (χ3v) is 8.54. The first kappa shape index (κ1) is 24.0. The van der Waals surface area contributed by atoms with Crippen LogP contribution in [0.15, 0.2) is 47.6 Å². The number of benzene rings is 1. The Labute approximate surface area is 207 Å². The molecule has 1 aromatic carbocycles. The Morgan fingerprint density at radius 3 is 2.34 bits per heavy atom. The molecule has 2 saturated heterocycles. The smallest absolute Gasteiger partial charge is 0.410 e. The minimum atomic E-state index is -3.34. The zero-order chi connectivity index (χ0) is 24.8. The maximum absolute atomic E-state index is 13.0. The van der Waals surface area contributed by atoms with Crippen LogP contribution in [0, 0.1) is 5.41 Å². The fourth-order valence-electron chi connectivity index (χ4n) is 5.62. The highest BCUT2D eigenvalue weighted by molar-refractivity contribution is 7.90. The lowest BCUT2D eigenvalue weighted by atomic mass is 9.61. The van der Waals surface area contributed by atoms with Gasteiger partial charge >= 0.3 is 6.09 Å². The first-order chi connectivity index (χ1) is 16.6. The fraction of sp³-hybridized carbons (Fsp3) is 0.560. The Hall–Kier alpha value is -2.72. The number of anilines is 1. The lowest BCUT2D eigenvalue weighted by molar-refractivity contribution is -0.137. The average Bonchev–Trinajstić information content (AvgIpc) is 2.77. The Morgan fingerprint density at radius 2 is 1.71 bits per heavy atom. The predicted molar refractivity (Wildman–Crippen MR) is 132 cm³/mol. The maximum atomic E-state index is 13.0. The molecule has 2 aliphatic heterocycles. The van der Waals surface area contributed by atoms with Crippen LogP contribution in [-0.2, 0) is 21.1 Å². The van der Waals surface area contributed by atoms with Gasteiger partial charge in [-0.25, -0.2) is 23.2 Å². The highest BCUT2D eigenvalue weighted by Gasteiger charge is 2.54. The molecule has 35 heavy (non-hydrogen) atoms. The van der Waals surface area contributed by atoms with Gasteiger partial charge in [0.05, 0.1) is 12.4 Å². The summed E-state index contributed by atoms with van der Waals surface area (Å²) in [6.45, 7) is 8.17. The van der Waals surface area contributed by atoms with Crippen LogP contribution in [0.2, 0.25) is 0 Å². The molecule has 2 atom stereocenters. The molecular weight excluding hydrogens is 466 g/mol. The molecule has 3 heterocycles. The van der Waals surface area contributed by atoms with Crippen LogP contribution in [0.4, 0.5) is 10.7 Å². The lowest BCUT2D eigenvalue weighted by Crippen LogP contribution is -2.64. The summed E-state index contributed by atoms with van der Waals surface area (Å²) in [4.78, 5) is 27.8. The number of carbonyl (C=O) groups excluding carboxylic acids is 1. The summed E-state index contributed by atoms with van der Waals surface area (Å²) in [6, 6.07) is 10.4. The monoisotopic (exact) mass is 499 g/mol. The molecule has 10 heteroatoms. The molecule has 0 unspecified atom stereocenters. The van der Waals surface area contributed by atoms with E-state index in [9.17, 15) is 13.2 Å². The second-order valence-corrected chi connectivity index (χ2v) is 12.6. The van der Waals surface area contributed by atoms with Crippen LogP contribution in [-0.4, -0.2) is 84.9 Å². The van der Waals surface area contributed by atoms with E-state index in [0.717, 1.165) is 38.7 Å². The van der Waals surface area contributed by atoms with E-state index in [1.807, 2.05) is 24.8 Å². The van der Waals surface area contributed by atoms with E-state index in [4.69, 9.17) is 4.74 Å². The highest BCUT2D eigenvalue weighted by atomic mass is 32.2. The Morgan fingerprint density at radius 1 is 1.06 bits per heavy atom. The zero-order valence-corrected chi connectivity index (χ0v) is 21.3.